The molecule has 13 nitrogen and oxygen atoms in total. The molecule has 2 amide bonds. The van der Waals surface area contributed by atoms with E-state index in [4.69, 9.17) is 19.6 Å². The third kappa shape index (κ3) is 9.64. The van der Waals surface area contributed by atoms with Gasteiger partial charge in [-0.3, -0.25) is 10.1 Å². The van der Waals surface area contributed by atoms with Gasteiger partial charge >= 0.3 is 12.0 Å². The van der Waals surface area contributed by atoms with Crippen molar-refractivity contribution >= 4 is 34.8 Å². The number of nitrogens with one attached hydrogen (secondary N) is 3. The summed E-state index contributed by atoms with van der Waals surface area (Å²) in [5, 5.41) is 18.7. The lowest BCUT2D eigenvalue weighted by Gasteiger charge is -2.34. The second-order valence-electron chi connectivity index (χ2n) is 11.9. The number of urea groups is 1. The highest BCUT2D eigenvalue weighted by Crippen LogP contribution is 2.35. The van der Waals surface area contributed by atoms with Crippen LogP contribution < -0.4 is 25.4 Å². The zero-order valence-electron chi connectivity index (χ0n) is 26.3. The van der Waals surface area contributed by atoms with Crippen LogP contribution in [-0.4, -0.2) is 107 Å². The van der Waals surface area contributed by atoms with Gasteiger partial charge in [-0.15, -0.1) is 0 Å². The van der Waals surface area contributed by atoms with Crippen molar-refractivity contribution in [1.29, 1.82) is 0 Å². The van der Waals surface area contributed by atoms with E-state index in [0.29, 0.717) is 47.4 Å². The number of hydrogen-bond donors (Lipinski definition) is 4. The monoisotopic (exact) mass is 608 g/mol. The van der Waals surface area contributed by atoms with Gasteiger partial charge in [0.05, 0.1) is 14.2 Å². The van der Waals surface area contributed by atoms with Crippen LogP contribution in [0.15, 0.2) is 30.5 Å². The Morgan fingerprint density at radius 1 is 0.932 bits per heavy atom. The Balaban J connectivity index is 1.43. The van der Waals surface area contributed by atoms with Gasteiger partial charge in [0.25, 0.3) is 0 Å². The quantitative estimate of drug-likeness (QED) is 0.209. The van der Waals surface area contributed by atoms with Gasteiger partial charge in [-0.2, -0.15) is 4.98 Å². The van der Waals surface area contributed by atoms with E-state index >= 15 is 0 Å². The summed E-state index contributed by atoms with van der Waals surface area (Å²) in [4.78, 5) is 42.3. The van der Waals surface area contributed by atoms with Gasteiger partial charge in [0.1, 0.15) is 17.3 Å². The number of methoxy groups -OCH3 is 2. The van der Waals surface area contributed by atoms with Crippen molar-refractivity contribution in [2.45, 2.75) is 45.6 Å². The lowest BCUT2D eigenvalue weighted by atomic mass is 10.0. The summed E-state index contributed by atoms with van der Waals surface area (Å²) in [6.45, 7) is 12.1. The molecule has 3 heterocycles. The Morgan fingerprint density at radius 2 is 1.57 bits per heavy atom. The maximum atomic E-state index is 12.9. The topological polar surface area (TPSA) is 154 Å². The van der Waals surface area contributed by atoms with Gasteiger partial charge in [0.2, 0.25) is 5.95 Å². The summed E-state index contributed by atoms with van der Waals surface area (Å²) in [6, 6.07) is 7.01. The lowest BCUT2D eigenvalue weighted by Crippen LogP contribution is -2.47. The van der Waals surface area contributed by atoms with Crippen LogP contribution in [0.4, 0.5) is 16.6 Å². The molecule has 4 rings (SSSR count). The van der Waals surface area contributed by atoms with Crippen LogP contribution in [0.5, 0.6) is 11.5 Å². The second kappa shape index (κ2) is 15.0. The van der Waals surface area contributed by atoms with Crippen molar-refractivity contribution in [1.82, 2.24) is 30.1 Å². The van der Waals surface area contributed by atoms with Crippen LogP contribution in [0.25, 0.3) is 22.2 Å². The molecule has 0 spiro atoms. The number of rotatable bonds is 13. The van der Waals surface area contributed by atoms with Gasteiger partial charge in [-0.25, -0.2) is 14.8 Å². The van der Waals surface area contributed by atoms with Gasteiger partial charge in [-0.1, -0.05) is 0 Å². The molecule has 0 radical (unpaired) electrons. The van der Waals surface area contributed by atoms with E-state index in [0.717, 1.165) is 56.6 Å². The molecule has 2 aromatic heterocycles. The van der Waals surface area contributed by atoms with Crippen molar-refractivity contribution in [3.05, 3.63) is 30.5 Å². The standard InChI is InChI=1S/C31H44N8O5/c1-31(2,3)37-30(42)36-28-25(21-16-23(43-4)19-24(17-21)44-5)18-22-20-33-29(35-27(22)34-28)32-9-7-11-39-14-12-38(13-15-39)10-6-8-26(40)41/h16-20H,6-15H2,1-5H3,(H,40,41)(H3,32,33,34,35,36,37,42). The van der Waals surface area contributed by atoms with Crippen LogP contribution in [-0.2, 0) is 4.79 Å². The highest BCUT2D eigenvalue weighted by atomic mass is 16.5. The Bertz CT molecular complexity index is 1410. The normalized spacial score (nSPS) is 14.3. The van der Waals surface area contributed by atoms with Crippen molar-refractivity contribution in [2.24, 2.45) is 0 Å². The average molecular weight is 609 g/mol. The van der Waals surface area contributed by atoms with Crippen molar-refractivity contribution in [3.63, 3.8) is 0 Å². The number of hydrogen-bond acceptors (Lipinski definition) is 10. The number of nitrogens with zero attached hydrogens (tertiary/aromatic N) is 5. The minimum Gasteiger partial charge on any atom is -0.497 e. The molecule has 4 N–H and O–H groups in total. The van der Waals surface area contributed by atoms with E-state index in [-0.39, 0.29) is 12.5 Å². The highest BCUT2D eigenvalue weighted by molar-refractivity contribution is 5.96. The molecule has 1 aliphatic heterocycles. The summed E-state index contributed by atoms with van der Waals surface area (Å²) >= 11 is 0. The first-order valence-electron chi connectivity index (χ1n) is 14.9. The van der Waals surface area contributed by atoms with E-state index in [2.05, 4.69) is 35.7 Å². The largest absolute Gasteiger partial charge is 0.497 e. The number of anilines is 2. The number of ether oxygens (including phenoxy) is 2. The highest BCUT2D eigenvalue weighted by Gasteiger charge is 2.19. The minimum absolute atomic E-state index is 0.223. The zero-order chi connectivity index (χ0) is 31.7. The lowest BCUT2D eigenvalue weighted by molar-refractivity contribution is -0.137. The van der Waals surface area contributed by atoms with E-state index in [1.54, 1.807) is 26.5 Å². The number of benzene rings is 1. The number of piperazine rings is 1. The van der Waals surface area contributed by atoms with Crippen molar-refractivity contribution < 1.29 is 24.2 Å². The Kier molecular flexibility index (Phi) is 11.1. The van der Waals surface area contributed by atoms with Crippen molar-refractivity contribution in [2.75, 3.05) is 70.7 Å². The molecule has 0 bridgehead atoms. The average Bonchev–Trinajstić information content (AvgIpc) is 2.98. The van der Waals surface area contributed by atoms with Gasteiger partial charge in [0, 0.05) is 67.9 Å². The molecule has 1 fully saturated rings. The maximum absolute atomic E-state index is 12.9. The van der Waals surface area contributed by atoms with E-state index in [1.807, 2.05) is 39.0 Å². The van der Waals surface area contributed by atoms with Crippen LogP contribution in [0.3, 0.4) is 0 Å². The molecule has 0 saturated carbocycles. The second-order valence-corrected chi connectivity index (χ2v) is 11.9. The molecule has 1 aromatic carbocycles. The number of amides is 2. The number of carboxylic acid groups (broad SMARTS) is 1. The third-order valence-corrected chi connectivity index (χ3v) is 7.22. The number of carboxylic acids is 1. The molecule has 3 aromatic rings. The van der Waals surface area contributed by atoms with Gasteiger partial charge in [-0.05, 0) is 70.5 Å². The molecule has 1 aliphatic rings. The number of aromatic nitrogens is 3. The summed E-state index contributed by atoms with van der Waals surface area (Å²) in [6.07, 6.45) is 3.56. The van der Waals surface area contributed by atoms with Crippen LogP contribution >= 0.6 is 0 Å². The van der Waals surface area contributed by atoms with Gasteiger partial charge < -0.3 is 35.0 Å². The van der Waals surface area contributed by atoms with Crippen LogP contribution in [0.1, 0.15) is 40.0 Å². The Morgan fingerprint density at radius 3 is 2.16 bits per heavy atom. The number of pyridine rings is 1. The van der Waals surface area contributed by atoms with Crippen molar-refractivity contribution in [3.8, 4) is 22.6 Å². The minimum atomic E-state index is -0.734. The fraction of sp³-hybridized carbons (Fsp3) is 0.516. The van der Waals surface area contributed by atoms with E-state index < -0.39 is 11.5 Å². The third-order valence-electron chi connectivity index (χ3n) is 7.22. The number of carbonyl (C=O) groups is 2. The van der Waals surface area contributed by atoms with Crippen LogP contribution in [0, 0.1) is 0 Å². The SMILES string of the molecule is COc1cc(OC)cc(-c2cc3cnc(NCCCN4CCN(CCCC(=O)O)CC4)nc3nc2NC(=O)NC(C)(C)C)c1. The molecule has 1 saturated heterocycles. The number of fused-ring (bicyclic) bond motifs is 1. The zero-order valence-corrected chi connectivity index (χ0v) is 26.3. The maximum Gasteiger partial charge on any atom is 0.320 e. The fourth-order valence-electron chi connectivity index (χ4n) is 5.00. The summed E-state index contributed by atoms with van der Waals surface area (Å²) in [5.41, 5.74) is 1.44. The summed E-state index contributed by atoms with van der Waals surface area (Å²) in [7, 11) is 3.17. The predicted octanol–water partition coefficient (Wildman–Crippen LogP) is 3.91. The van der Waals surface area contributed by atoms with Gasteiger partial charge in [0.15, 0.2) is 5.65 Å². The molecule has 0 atom stereocenters. The first kappa shape index (κ1) is 32.7. The van der Waals surface area contributed by atoms with Crippen LogP contribution in [0.2, 0.25) is 0 Å². The smallest absolute Gasteiger partial charge is 0.320 e. The molecular formula is C31H44N8O5. The first-order chi connectivity index (χ1) is 21.0. The molecule has 44 heavy (non-hydrogen) atoms. The van der Waals surface area contributed by atoms with E-state index in [9.17, 15) is 9.59 Å². The summed E-state index contributed by atoms with van der Waals surface area (Å²) in [5.74, 6) is 1.30. The first-order valence-corrected chi connectivity index (χ1v) is 14.9. The number of aliphatic carboxylic acids is 1. The van der Waals surface area contributed by atoms with E-state index in [1.165, 1.54) is 0 Å². The molecular weight excluding hydrogens is 564 g/mol. The molecule has 238 valence electrons. The Hall–Kier alpha value is -4.23. The Labute approximate surface area is 258 Å². The number of carbonyl (C=O) groups excluding carboxylic acids is 1. The molecule has 0 aliphatic carbocycles. The molecule has 0 unspecified atom stereocenters. The molecule has 13 heteroatoms. The predicted molar refractivity (Wildman–Crippen MR) is 171 cm³/mol. The summed E-state index contributed by atoms with van der Waals surface area (Å²) < 4.78 is 10.9. The fourth-order valence-corrected chi connectivity index (χ4v) is 5.00.